The molecular weight excluding hydrogens is 865 g/mol. The molecule has 1 heterocycles. The molecule has 0 spiro atoms. The lowest BCUT2D eigenvalue weighted by atomic mass is 9.98. The number of aliphatic carboxylic acids is 2. The van der Waals surface area contributed by atoms with Crippen LogP contribution in [0.2, 0.25) is 0 Å². The third-order valence-electron chi connectivity index (χ3n) is 10.6. The minimum absolute atomic E-state index is 0.0578. The van der Waals surface area contributed by atoms with Crippen molar-refractivity contribution in [2.75, 3.05) is 20.2 Å². The number of carbonyl (C=O) groups is 11. The number of ketones is 1. The number of rotatable bonds is 28. The predicted octanol–water partition coefficient (Wildman–Crippen LogP) is -0.720. The van der Waals surface area contributed by atoms with Crippen molar-refractivity contribution in [2.24, 2.45) is 11.8 Å². The molecule has 0 aromatic heterocycles. The molecule has 0 radical (unpaired) electrons. The van der Waals surface area contributed by atoms with E-state index in [0.29, 0.717) is 12.8 Å². The molecule has 0 unspecified atom stereocenters. The number of carboxylic acid groups (broad SMARTS) is 2. The summed E-state index contributed by atoms with van der Waals surface area (Å²) in [6.07, 6.45) is -0.853. The Bertz CT molecular complexity index is 1890. The molecule has 366 valence electrons. The van der Waals surface area contributed by atoms with Crippen molar-refractivity contribution in [2.45, 2.75) is 142 Å². The number of carbonyl (C=O) groups excluding carboxylic acids is 9. The SMILES string of the molecule is CCC[C@H](NC(=O)[C@@H]1CCCN1C(=O)[C@@H](NC(=O)[C@@H](NC(=O)[C@H](CCC(=O)O)NC(=O)[C@H](CCC(=O)O)NC(C)=O)C(C)C)C(C)C)C(=O)C(=O)N[C@@H](COCc1ccccc1)C(=O)NC. The van der Waals surface area contributed by atoms with Crippen molar-refractivity contribution in [3.8, 4) is 0 Å². The van der Waals surface area contributed by atoms with Crippen LogP contribution in [0, 0.1) is 11.8 Å². The number of nitrogens with one attached hydrogen (secondary N) is 7. The molecule has 9 N–H and O–H groups in total. The number of benzene rings is 1. The number of Topliss-reactive ketones (excluding diaryl/α,β-unsaturated/α-hetero) is 1. The molecule has 0 saturated carbocycles. The smallest absolute Gasteiger partial charge is 0.303 e. The van der Waals surface area contributed by atoms with Crippen LogP contribution in [0.15, 0.2) is 30.3 Å². The summed E-state index contributed by atoms with van der Waals surface area (Å²) in [4.78, 5) is 144. The van der Waals surface area contributed by atoms with Gasteiger partial charge in [-0.3, -0.25) is 52.7 Å². The van der Waals surface area contributed by atoms with Gasteiger partial charge in [0.05, 0.1) is 19.3 Å². The molecule has 1 saturated heterocycles. The van der Waals surface area contributed by atoms with E-state index in [1.165, 1.54) is 11.9 Å². The minimum Gasteiger partial charge on any atom is -0.481 e. The van der Waals surface area contributed by atoms with E-state index in [1.807, 2.05) is 30.3 Å². The second kappa shape index (κ2) is 27.8. The maximum atomic E-state index is 14.2. The van der Waals surface area contributed by atoms with Gasteiger partial charge in [-0.1, -0.05) is 71.4 Å². The molecule has 7 atom stereocenters. The molecule has 1 aromatic rings. The Morgan fingerprint density at radius 2 is 1.24 bits per heavy atom. The fourth-order valence-electron chi connectivity index (χ4n) is 7.06. The second-order valence-electron chi connectivity index (χ2n) is 16.7. The van der Waals surface area contributed by atoms with Gasteiger partial charge in [-0.05, 0) is 49.5 Å². The molecule has 22 nitrogen and oxygen atoms in total. The van der Waals surface area contributed by atoms with Crippen LogP contribution in [0.4, 0.5) is 0 Å². The van der Waals surface area contributed by atoms with Gasteiger partial charge in [-0.2, -0.15) is 0 Å². The zero-order valence-corrected chi connectivity index (χ0v) is 38.6. The summed E-state index contributed by atoms with van der Waals surface area (Å²) in [7, 11) is 1.36. The number of likely N-dealkylation sites (tertiary alicyclic amines) is 1. The monoisotopic (exact) mass is 930 g/mol. The molecule has 22 heteroatoms. The summed E-state index contributed by atoms with van der Waals surface area (Å²) in [6, 6.07) is -0.0175. The Hall–Kier alpha value is -6.45. The van der Waals surface area contributed by atoms with Crippen LogP contribution in [0.1, 0.15) is 98.5 Å². The Kier molecular flexibility index (Phi) is 23.4. The number of ether oxygens (including phenoxy) is 1. The molecule has 0 bridgehead atoms. The lowest BCUT2D eigenvalue weighted by Crippen LogP contribution is -2.61. The average Bonchev–Trinajstić information content (AvgIpc) is 3.76. The molecular formula is C44H66N8O14. The van der Waals surface area contributed by atoms with E-state index in [9.17, 15) is 57.8 Å². The van der Waals surface area contributed by atoms with E-state index in [1.54, 1.807) is 34.6 Å². The Balaban J connectivity index is 2.22. The summed E-state index contributed by atoms with van der Waals surface area (Å²) in [5, 5.41) is 35.7. The van der Waals surface area contributed by atoms with Crippen LogP contribution in [-0.2, 0) is 64.1 Å². The predicted molar refractivity (Wildman–Crippen MR) is 235 cm³/mol. The highest BCUT2D eigenvalue weighted by Gasteiger charge is 2.41. The first kappa shape index (κ1) is 55.7. The topological polar surface area (TPSA) is 325 Å². The second-order valence-corrected chi connectivity index (χ2v) is 16.7. The quantitative estimate of drug-likeness (QED) is 0.0469. The Morgan fingerprint density at radius 3 is 1.77 bits per heavy atom. The largest absolute Gasteiger partial charge is 0.481 e. The van der Waals surface area contributed by atoms with Gasteiger partial charge in [0.15, 0.2) is 0 Å². The fourth-order valence-corrected chi connectivity index (χ4v) is 7.06. The van der Waals surface area contributed by atoms with E-state index in [2.05, 4.69) is 37.2 Å². The Morgan fingerprint density at radius 1 is 0.682 bits per heavy atom. The number of likely N-dealkylation sites (N-methyl/N-ethyl adjacent to an activating group) is 1. The summed E-state index contributed by atoms with van der Waals surface area (Å²) in [6.45, 7) is 9.32. The molecule has 66 heavy (non-hydrogen) atoms. The van der Waals surface area contributed by atoms with Crippen LogP contribution in [0.3, 0.4) is 0 Å². The van der Waals surface area contributed by atoms with Crippen LogP contribution in [0.25, 0.3) is 0 Å². The lowest BCUT2D eigenvalue weighted by Gasteiger charge is -2.33. The fraction of sp³-hybridized carbons (Fsp3) is 0.614. The van der Waals surface area contributed by atoms with Crippen molar-refractivity contribution >= 4 is 65.0 Å². The normalized spacial score (nSPS) is 16.1. The van der Waals surface area contributed by atoms with Gasteiger partial charge in [0.25, 0.3) is 5.91 Å². The molecule has 2 rings (SSSR count). The van der Waals surface area contributed by atoms with E-state index in [4.69, 9.17) is 9.84 Å². The van der Waals surface area contributed by atoms with Gasteiger partial charge in [0.1, 0.15) is 36.3 Å². The molecule has 8 amide bonds. The summed E-state index contributed by atoms with van der Waals surface area (Å²) in [5.41, 5.74) is 0.823. The lowest BCUT2D eigenvalue weighted by molar-refractivity contribution is -0.145. The number of nitrogens with zero attached hydrogens (tertiary/aromatic N) is 1. The van der Waals surface area contributed by atoms with Gasteiger partial charge in [-0.15, -0.1) is 0 Å². The maximum absolute atomic E-state index is 14.2. The van der Waals surface area contributed by atoms with E-state index >= 15 is 0 Å². The van der Waals surface area contributed by atoms with Crippen molar-refractivity contribution in [3.05, 3.63) is 35.9 Å². The van der Waals surface area contributed by atoms with Crippen LogP contribution < -0.4 is 37.2 Å². The van der Waals surface area contributed by atoms with Gasteiger partial charge < -0.3 is 57.1 Å². The zero-order valence-electron chi connectivity index (χ0n) is 38.6. The molecule has 0 aliphatic carbocycles. The van der Waals surface area contributed by atoms with E-state index in [-0.39, 0.29) is 39.0 Å². The van der Waals surface area contributed by atoms with Gasteiger partial charge in [0.2, 0.25) is 47.1 Å². The number of hydrogen-bond donors (Lipinski definition) is 9. The minimum atomic E-state index is -1.54. The van der Waals surface area contributed by atoms with E-state index in [0.717, 1.165) is 12.5 Å². The number of amides is 8. The van der Waals surface area contributed by atoms with Crippen LogP contribution >= 0.6 is 0 Å². The maximum Gasteiger partial charge on any atom is 0.303 e. The standard InChI is InChI=1S/C44H66N8O14/c1-8-13-28(37(58)43(64)49-31(38(59)45-7)23-66-22-27-14-10-9-11-15-27)47-41(62)32-16-12-21-52(32)44(65)36(25(4)5)51-42(63)35(24(2)3)50-40(61)30(18-20-34(56)57)48-39(60)29(46-26(6)53)17-19-33(54)55/h9-11,14-15,24-25,28-32,35-36H,8,12-13,16-23H2,1-7H3,(H,45,59)(H,46,53)(H,47,62)(H,48,60)(H,49,64)(H,50,61)(H,51,63)(H,54,55)(H,56,57)/t28-,29-,30-,31-,32-,35-,36-/m0/s1. The molecule has 1 aliphatic heterocycles. The Labute approximate surface area is 383 Å². The third kappa shape index (κ3) is 18.2. The molecule has 1 aromatic carbocycles. The van der Waals surface area contributed by atoms with Crippen molar-refractivity contribution in [3.63, 3.8) is 0 Å². The molecule has 1 fully saturated rings. The zero-order chi connectivity index (χ0) is 49.7. The van der Waals surface area contributed by atoms with Crippen molar-refractivity contribution in [1.29, 1.82) is 0 Å². The highest BCUT2D eigenvalue weighted by molar-refractivity contribution is 6.38. The van der Waals surface area contributed by atoms with E-state index < -0.39 is 138 Å². The van der Waals surface area contributed by atoms with Crippen molar-refractivity contribution < 1.29 is 67.7 Å². The molecule has 1 aliphatic rings. The number of carboxylic acids is 2. The van der Waals surface area contributed by atoms with Crippen LogP contribution in [0.5, 0.6) is 0 Å². The summed E-state index contributed by atoms with van der Waals surface area (Å²) < 4.78 is 5.63. The van der Waals surface area contributed by atoms with Gasteiger partial charge in [-0.25, -0.2) is 0 Å². The van der Waals surface area contributed by atoms with Crippen molar-refractivity contribution in [1.82, 2.24) is 42.1 Å². The van der Waals surface area contributed by atoms with Crippen LogP contribution in [-0.4, -0.2) is 143 Å². The van der Waals surface area contributed by atoms with Gasteiger partial charge in [0, 0.05) is 33.4 Å². The summed E-state index contributed by atoms with van der Waals surface area (Å²) in [5.74, 6) is -11.2. The summed E-state index contributed by atoms with van der Waals surface area (Å²) >= 11 is 0. The number of hydrogen-bond acceptors (Lipinski definition) is 12. The first-order valence-corrected chi connectivity index (χ1v) is 22.0. The third-order valence-corrected chi connectivity index (χ3v) is 10.6. The first-order valence-electron chi connectivity index (χ1n) is 22.0. The average molecular weight is 931 g/mol. The van der Waals surface area contributed by atoms with Gasteiger partial charge >= 0.3 is 11.9 Å². The highest BCUT2D eigenvalue weighted by atomic mass is 16.5. The highest BCUT2D eigenvalue weighted by Crippen LogP contribution is 2.21. The first-order chi connectivity index (χ1) is 31.1.